The van der Waals surface area contributed by atoms with Gasteiger partial charge in [0.2, 0.25) is 11.8 Å². The number of rotatable bonds is 5. The average molecular weight is 297 g/mol. The highest BCUT2D eigenvalue weighted by Crippen LogP contribution is 2.39. The van der Waals surface area contributed by atoms with Crippen LogP contribution in [-0.2, 0) is 11.2 Å². The van der Waals surface area contributed by atoms with Gasteiger partial charge in [0.15, 0.2) is 5.82 Å². The molecule has 2 heterocycles. The van der Waals surface area contributed by atoms with Gasteiger partial charge in [-0.2, -0.15) is 4.98 Å². The Morgan fingerprint density at radius 3 is 2.77 bits per heavy atom. The summed E-state index contributed by atoms with van der Waals surface area (Å²) in [4.78, 5) is 18.6. The molecule has 1 atom stereocenters. The normalized spacial score (nSPS) is 21.5. The summed E-state index contributed by atoms with van der Waals surface area (Å²) in [6, 6.07) is 10.3. The Hall–Kier alpha value is -2.17. The summed E-state index contributed by atoms with van der Waals surface area (Å²) in [6.07, 6.45) is 3.69. The minimum absolute atomic E-state index is 0.0586. The molecular formula is C17H19N3O2. The van der Waals surface area contributed by atoms with Gasteiger partial charge in [-0.05, 0) is 24.8 Å². The molecule has 1 aromatic carbocycles. The molecule has 0 spiro atoms. The first kappa shape index (κ1) is 13.5. The van der Waals surface area contributed by atoms with Gasteiger partial charge in [0.05, 0.1) is 5.92 Å². The Labute approximate surface area is 129 Å². The zero-order valence-electron chi connectivity index (χ0n) is 12.4. The summed E-state index contributed by atoms with van der Waals surface area (Å²) in [6.45, 7) is 1.45. The van der Waals surface area contributed by atoms with E-state index in [0.29, 0.717) is 24.8 Å². The number of amides is 1. The van der Waals surface area contributed by atoms with Crippen molar-refractivity contribution in [1.29, 1.82) is 0 Å². The second-order valence-electron chi connectivity index (χ2n) is 6.24. The molecule has 1 saturated carbocycles. The second-order valence-corrected chi connectivity index (χ2v) is 6.24. The molecular weight excluding hydrogens is 278 g/mol. The first-order chi connectivity index (χ1) is 10.8. The summed E-state index contributed by atoms with van der Waals surface area (Å²) < 4.78 is 5.37. The Balaban J connectivity index is 1.37. The molecule has 0 N–H and O–H groups in total. The number of carbonyl (C=O) groups excluding carboxylic acids is 1. The highest BCUT2D eigenvalue weighted by Gasteiger charge is 2.36. The standard InChI is InChI=1S/C17H19N3O2/c21-15-10-14(17-18-16(19-22-17)13-6-7-13)11-20(15)9-8-12-4-2-1-3-5-12/h1-5,13-14H,6-11H2. The third-order valence-corrected chi connectivity index (χ3v) is 4.48. The molecule has 4 rings (SSSR count). The molecule has 1 amide bonds. The monoisotopic (exact) mass is 297 g/mol. The van der Waals surface area contributed by atoms with Crippen LogP contribution in [0.25, 0.3) is 0 Å². The fourth-order valence-electron chi connectivity index (χ4n) is 2.98. The Morgan fingerprint density at radius 1 is 1.18 bits per heavy atom. The van der Waals surface area contributed by atoms with Gasteiger partial charge in [0.25, 0.3) is 0 Å². The SMILES string of the molecule is O=C1CC(c2nc(C3CC3)no2)CN1CCc1ccccc1. The first-order valence-electron chi connectivity index (χ1n) is 7.95. The Morgan fingerprint density at radius 2 is 2.00 bits per heavy atom. The van der Waals surface area contributed by atoms with E-state index in [1.54, 1.807) is 0 Å². The van der Waals surface area contributed by atoms with E-state index in [0.717, 1.165) is 31.6 Å². The van der Waals surface area contributed by atoms with Crippen LogP contribution in [0.4, 0.5) is 0 Å². The van der Waals surface area contributed by atoms with Crippen LogP contribution in [0.15, 0.2) is 34.9 Å². The number of hydrogen-bond acceptors (Lipinski definition) is 4. The molecule has 2 fully saturated rings. The zero-order chi connectivity index (χ0) is 14.9. The predicted molar refractivity (Wildman–Crippen MR) is 80.4 cm³/mol. The Kier molecular flexibility index (Phi) is 3.41. The lowest BCUT2D eigenvalue weighted by atomic mass is 10.1. The van der Waals surface area contributed by atoms with Crippen molar-refractivity contribution < 1.29 is 9.32 Å². The highest BCUT2D eigenvalue weighted by molar-refractivity contribution is 5.79. The van der Waals surface area contributed by atoms with Crippen LogP contribution in [0.5, 0.6) is 0 Å². The van der Waals surface area contributed by atoms with Gasteiger partial charge in [-0.3, -0.25) is 4.79 Å². The molecule has 5 nitrogen and oxygen atoms in total. The van der Waals surface area contributed by atoms with E-state index in [-0.39, 0.29) is 11.8 Å². The first-order valence-corrected chi connectivity index (χ1v) is 7.95. The van der Waals surface area contributed by atoms with Crippen molar-refractivity contribution >= 4 is 5.91 Å². The quantitative estimate of drug-likeness (QED) is 0.851. The van der Waals surface area contributed by atoms with Crippen LogP contribution >= 0.6 is 0 Å². The summed E-state index contributed by atoms with van der Waals surface area (Å²) in [5, 5.41) is 4.05. The number of nitrogens with zero attached hydrogens (tertiary/aromatic N) is 3. The van der Waals surface area contributed by atoms with Gasteiger partial charge in [0, 0.05) is 25.4 Å². The van der Waals surface area contributed by atoms with E-state index in [1.807, 2.05) is 23.1 Å². The van der Waals surface area contributed by atoms with Gasteiger partial charge in [-0.25, -0.2) is 0 Å². The molecule has 5 heteroatoms. The van der Waals surface area contributed by atoms with E-state index in [2.05, 4.69) is 22.3 Å². The van der Waals surface area contributed by atoms with Crippen LogP contribution < -0.4 is 0 Å². The van der Waals surface area contributed by atoms with E-state index >= 15 is 0 Å². The molecule has 1 aliphatic carbocycles. The minimum Gasteiger partial charge on any atom is -0.342 e. The van der Waals surface area contributed by atoms with Crippen LogP contribution in [0.2, 0.25) is 0 Å². The number of hydrogen-bond donors (Lipinski definition) is 0. The lowest BCUT2D eigenvalue weighted by molar-refractivity contribution is -0.127. The number of likely N-dealkylation sites (tertiary alicyclic amines) is 1. The fraction of sp³-hybridized carbons (Fsp3) is 0.471. The summed E-state index contributed by atoms with van der Waals surface area (Å²) >= 11 is 0. The van der Waals surface area contributed by atoms with Crippen molar-refractivity contribution in [1.82, 2.24) is 15.0 Å². The van der Waals surface area contributed by atoms with Crippen molar-refractivity contribution in [2.75, 3.05) is 13.1 Å². The molecule has 1 aliphatic heterocycles. The zero-order valence-corrected chi connectivity index (χ0v) is 12.4. The molecule has 0 bridgehead atoms. The predicted octanol–water partition coefficient (Wildman–Crippen LogP) is 2.51. The molecule has 1 aromatic heterocycles. The fourth-order valence-corrected chi connectivity index (χ4v) is 2.98. The lowest BCUT2D eigenvalue weighted by Gasteiger charge is -2.15. The van der Waals surface area contributed by atoms with Crippen LogP contribution in [-0.4, -0.2) is 34.0 Å². The maximum absolute atomic E-state index is 12.2. The van der Waals surface area contributed by atoms with Gasteiger partial charge in [0.1, 0.15) is 0 Å². The lowest BCUT2D eigenvalue weighted by Crippen LogP contribution is -2.27. The van der Waals surface area contributed by atoms with E-state index in [9.17, 15) is 4.79 Å². The van der Waals surface area contributed by atoms with E-state index in [4.69, 9.17) is 4.52 Å². The minimum atomic E-state index is 0.0586. The molecule has 22 heavy (non-hydrogen) atoms. The van der Waals surface area contributed by atoms with Crippen molar-refractivity contribution in [3.8, 4) is 0 Å². The van der Waals surface area contributed by atoms with Gasteiger partial charge < -0.3 is 9.42 Å². The summed E-state index contributed by atoms with van der Waals surface area (Å²) in [5.41, 5.74) is 1.26. The second kappa shape index (κ2) is 5.55. The molecule has 0 radical (unpaired) electrons. The molecule has 2 aliphatic rings. The summed E-state index contributed by atoms with van der Waals surface area (Å²) in [7, 11) is 0. The number of benzene rings is 1. The molecule has 114 valence electrons. The smallest absolute Gasteiger partial charge is 0.232 e. The van der Waals surface area contributed by atoms with Crippen molar-refractivity contribution in [2.45, 2.75) is 37.5 Å². The van der Waals surface area contributed by atoms with E-state index < -0.39 is 0 Å². The molecule has 1 saturated heterocycles. The van der Waals surface area contributed by atoms with Crippen LogP contribution in [0.1, 0.15) is 48.4 Å². The van der Waals surface area contributed by atoms with Crippen LogP contribution in [0, 0.1) is 0 Å². The highest BCUT2D eigenvalue weighted by atomic mass is 16.5. The average Bonchev–Trinajstić information content (AvgIpc) is 3.16. The Bertz CT molecular complexity index is 664. The van der Waals surface area contributed by atoms with Gasteiger partial charge in [-0.1, -0.05) is 35.5 Å². The molecule has 1 unspecified atom stereocenters. The van der Waals surface area contributed by atoms with E-state index in [1.165, 1.54) is 5.56 Å². The topological polar surface area (TPSA) is 59.2 Å². The third kappa shape index (κ3) is 2.75. The largest absolute Gasteiger partial charge is 0.342 e. The van der Waals surface area contributed by atoms with Crippen molar-refractivity contribution in [2.24, 2.45) is 0 Å². The molecule has 2 aromatic rings. The number of carbonyl (C=O) groups is 1. The number of aromatic nitrogens is 2. The summed E-state index contributed by atoms with van der Waals surface area (Å²) in [5.74, 6) is 2.20. The van der Waals surface area contributed by atoms with Crippen molar-refractivity contribution in [3.63, 3.8) is 0 Å². The van der Waals surface area contributed by atoms with Gasteiger partial charge in [-0.15, -0.1) is 0 Å². The van der Waals surface area contributed by atoms with Gasteiger partial charge >= 0.3 is 0 Å². The van der Waals surface area contributed by atoms with Crippen LogP contribution in [0.3, 0.4) is 0 Å². The third-order valence-electron chi connectivity index (χ3n) is 4.48. The maximum Gasteiger partial charge on any atom is 0.232 e. The van der Waals surface area contributed by atoms with Crippen molar-refractivity contribution in [3.05, 3.63) is 47.6 Å². The maximum atomic E-state index is 12.2.